The molecule has 0 amide bonds. The molecule has 1 aromatic heterocycles. The summed E-state index contributed by atoms with van der Waals surface area (Å²) in [4.78, 5) is 0. The van der Waals surface area contributed by atoms with E-state index >= 15 is 0 Å². The van der Waals surface area contributed by atoms with Crippen molar-refractivity contribution < 1.29 is 4.74 Å². The molecule has 3 rings (SSSR count). The van der Waals surface area contributed by atoms with Gasteiger partial charge in [-0.15, -0.1) is 0 Å². The van der Waals surface area contributed by atoms with E-state index in [9.17, 15) is 0 Å². The van der Waals surface area contributed by atoms with Crippen molar-refractivity contribution in [1.29, 1.82) is 0 Å². The van der Waals surface area contributed by atoms with Gasteiger partial charge in [0, 0.05) is 17.2 Å². The second-order valence-corrected chi connectivity index (χ2v) is 6.10. The Morgan fingerprint density at radius 3 is 2.55 bits per heavy atom. The fraction of sp³-hybridized carbons (Fsp3) is 0.438. The molecular weight excluding hydrogens is 250 g/mol. The maximum absolute atomic E-state index is 6.05. The van der Waals surface area contributed by atoms with Gasteiger partial charge in [-0.1, -0.05) is 26.0 Å². The van der Waals surface area contributed by atoms with E-state index in [1.54, 1.807) is 0 Å². The molecule has 0 saturated heterocycles. The number of nitrogens with zero attached hydrogens (tertiary/aromatic N) is 1. The zero-order chi connectivity index (χ0) is 14.3. The lowest BCUT2D eigenvalue weighted by molar-refractivity contribution is 0.340. The Morgan fingerprint density at radius 2 is 2.00 bits per heavy atom. The van der Waals surface area contributed by atoms with Crippen molar-refractivity contribution in [3.8, 4) is 16.9 Å². The van der Waals surface area contributed by atoms with Crippen LogP contribution in [0.3, 0.4) is 0 Å². The van der Waals surface area contributed by atoms with Crippen molar-refractivity contribution in [2.75, 3.05) is 12.3 Å². The number of hydrogen-bond donors (Lipinski definition) is 2. The number of benzene rings is 1. The summed E-state index contributed by atoms with van der Waals surface area (Å²) in [6.45, 7) is 7.21. The van der Waals surface area contributed by atoms with E-state index in [-0.39, 0.29) is 0 Å². The van der Waals surface area contributed by atoms with Gasteiger partial charge in [-0.05, 0) is 36.5 Å². The Hall–Kier alpha value is -1.97. The Balaban J connectivity index is 1.95. The molecule has 1 aromatic carbocycles. The Labute approximate surface area is 119 Å². The number of anilines is 1. The van der Waals surface area contributed by atoms with Crippen LogP contribution in [0.25, 0.3) is 11.1 Å². The van der Waals surface area contributed by atoms with Gasteiger partial charge < -0.3 is 10.5 Å². The molecule has 1 saturated carbocycles. The number of nitrogen functional groups attached to an aromatic ring is 1. The minimum Gasteiger partial charge on any atom is -0.494 e. The van der Waals surface area contributed by atoms with Crippen LogP contribution in [-0.2, 0) is 0 Å². The Bertz CT molecular complexity index is 613. The number of aromatic nitrogens is 2. The number of nitrogens with two attached hydrogens (primary N) is 1. The highest BCUT2D eigenvalue weighted by Gasteiger charge is 2.48. The summed E-state index contributed by atoms with van der Waals surface area (Å²) >= 11 is 0. The van der Waals surface area contributed by atoms with Crippen molar-refractivity contribution in [2.45, 2.75) is 33.1 Å². The predicted octanol–water partition coefficient (Wildman–Crippen LogP) is 3.57. The second-order valence-electron chi connectivity index (χ2n) is 6.10. The quantitative estimate of drug-likeness (QED) is 0.893. The number of H-pyrrole nitrogens is 1. The average molecular weight is 271 g/mol. The zero-order valence-corrected chi connectivity index (χ0v) is 12.2. The van der Waals surface area contributed by atoms with Crippen LogP contribution >= 0.6 is 0 Å². The van der Waals surface area contributed by atoms with E-state index in [0.717, 1.165) is 22.6 Å². The van der Waals surface area contributed by atoms with Crippen molar-refractivity contribution in [1.82, 2.24) is 10.2 Å². The third kappa shape index (κ3) is 2.15. The first-order valence-corrected chi connectivity index (χ1v) is 7.10. The minimum absolute atomic E-state index is 0.346. The van der Waals surface area contributed by atoms with Gasteiger partial charge in [0.25, 0.3) is 0 Å². The fourth-order valence-electron chi connectivity index (χ4n) is 2.77. The van der Waals surface area contributed by atoms with Crippen LogP contribution in [-0.4, -0.2) is 16.8 Å². The van der Waals surface area contributed by atoms with Gasteiger partial charge in [0.2, 0.25) is 0 Å². The lowest BCUT2D eigenvalue weighted by Gasteiger charge is -2.08. The lowest BCUT2D eigenvalue weighted by atomic mass is 9.99. The van der Waals surface area contributed by atoms with Crippen LogP contribution in [0, 0.1) is 5.41 Å². The molecule has 3 N–H and O–H groups in total. The molecule has 1 unspecified atom stereocenters. The molecule has 1 atom stereocenters. The third-order valence-electron chi connectivity index (χ3n) is 4.14. The van der Waals surface area contributed by atoms with Crippen molar-refractivity contribution in [3.63, 3.8) is 0 Å². The summed E-state index contributed by atoms with van der Waals surface area (Å²) in [5.74, 6) is 1.98. The van der Waals surface area contributed by atoms with Gasteiger partial charge in [0.1, 0.15) is 5.75 Å². The highest BCUT2D eigenvalue weighted by atomic mass is 16.5. The monoisotopic (exact) mass is 271 g/mol. The molecular formula is C16H21N3O. The van der Waals surface area contributed by atoms with E-state index in [0.29, 0.717) is 23.8 Å². The number of aromatic amines is 1. The molecule has 1 fully saturated rings. The standard InChI is InChI=1S/C16H21N3O/c1-4-20-11-7-5-10(6-8-11)13-14(18-19-15(13)17)12-9-16(12,2)3/h5-8,12H,4,9H2,1-3H3,(H3,17,18,19). The first kappa shape index (κ1) is 13.0. The van der Waals surface area contributed by atoms with Crippen LogP contribution in [0.15, 0.2) is 24.3 Å². The number of ether oxygens (including phenoxy) is 1. The van der Waals surface area contributed by atoms with E-state index in [2.05, 4.69) is 24.0 Å². The van der Waals surface area contributed by atoms with Crippen LogP contribution in [0.5, 0.6) is 5.75 Å². The normalized spacial score (nSPS) is 19.9. The Morgan fingerprint density at radius 1 is 1.35 bits per heavy atom. The first-order chi connectivity index (χ1) is 9.53. The van der Waals surface area contributed by atoms with Crippen molar-refractivity contribution in [3.05, 3.63) is 30.0 Å². The first-order valence-electron chi connectivity index (χ1n) is 7.10. The van der Waals surface area contributed by atoms with Crippen molar-refractivity contribution >= 4 is 5.82 Å². The van der Waals surface area contributed by atoms with Crippen molar-refractivity contribution in [2.24, 2.45) is 5.41 Å². The van der Waals surface area contributed by atoms with Crippen LogP contribution in [0.2, 0.25) is 0 Å². The summed E-state index contributed by atoms with van der Waals surface area (Å²) in [5.41, 5.74) is 9.70. The topological polar surface area (TPSA) is 63.9 Å². The van der Waals surface area contributed by atoms with Crippen LogP contribution < -0.4 is 10.5 Å². The van der Waals surface area contributed by atoms with Gasteiger partial charge in [0.15, 0.2) is 5.82 Å². The lowest BCUT2D eigenvalue weighted by Crippen LogP contribution is -1.95. The fourth-order valence-corrected chi connectivity index (χ4v) is 2.77. The molecule has 2 aromatic rings. The Kier molecular flexibility index (Phi) is 2.96. The molecule has 0 bridgehead atoms. The molecule has 4 heteroatoms. The summed E-state index contributed by atoms with van der Waals surface area (Å²) in [5, 5.41) is 7.32. The van der Waals surface area contributed by atoms with Gasteiger partial charge in [-0.25, -0.2) is 0 Å². The summed E-state index contributed by atoms with van der Waals surface area (Å²) < 4.78 is 5.48. The smallest absolute Gasteiger partial charge is 0.153 e. The number of hydrogen-bond acceptors (Lipinski definition) is 3. The van der Waals surface area contributed by atoms with E-state index < -0.39 is 0 Å². The molecule has 0 spiro atoms. The molecule has 0 radical (unpaired) electrons. The minimum atomic E-state index is 0.346. The summed E-state index contributed by atoms with van der Waals surface area (Å²) in [6, 6.07) is 8.05. The SMILES string of the molecule is CCOc1ccc(-c2c(N)n[nH]c2C2CC2(C)C)cc1. The maximum atomic E-state index is 6.05. The number of rotatable bonds is 4. The predicted molar refractivity (Wildman–Crippen MR) is 80.7 cm³/mol. The summed E-state index contributed by atoms with van der Waals surface area (Å²) in [6.07, 6.45) is 1.18. The molecule has 1 heterocycles. The largest absolute Gasteiger partial charge is 0.494 e. The van der Waals surface area contributed by atoms with Gasteiger partial charge >= 0.3 is 0 Å². The molecule has 1 aliphatic carbocycles. The van der Waals surface area contributed by atoms with Crippen LogP contribution in [0.4, 0.5) is 5.82 Å². The van der Waals surface area contributed by atoms with Crippen LogP contribution in [0.1, 0.15) is 38.8 Å². The maximum Gasteiger partial charge on any atom is 0.153 e. The van der Waals surface area contributed by atoms with E-state index in [1.165, 1.54) is 6.42 Å². The highest BCUT2D eigenvalue weighted by molar-refractivity contribution is 5.77. The molecule has 0 aliphatic heterocycles. The zero-order valence-electron chi connectivity index (χ0n) is 12.2. The third-order valence-corrected chi connectivity index (χ3v) is 4.14. The number of nitrogens with one attached hydrogen (secondary N) is 1. The molecule has 4 nitrogen and oxygen atoms in total. The average Bonchev–Trinajstić information content (AvgIpc) is 2.88. The second kappa shape index (κ2) is 4.54. The van der Waals surface area contributed by atoms with E-state index in [4.69, 9.17) is 10.5 Å². The molecule has 20 heavy (non-hydrogen) atoms. The highest BCUT2D eigenvalue weighted by Crippen LogP contribution is 2.60. The molecule has 1 aliphatic rings. The van der Waals surface area contributed by atoms with E-state index in [1.807, 2.05) is 31.2 Å². The molecule has 106 valence electrons. The van der Waals surface area contributed by atoms with Gasteiger partial charge in [-0.3, -0.25) is 5.10 Å². The van der Waals surface area contributed by atoms with Gasteiger partial charge in [-0.2, -0.15) is 5.10 Å². The summed E-state index contributed by atoms with van der Waals surface area (Å²) in [7, 11) is 0. The van der Waals surface area contributed by atoms with Gasteiger partial charge in [0.05, 0.1) is 6.61 Å².